The number of halogens is 1. The number of benzene rings is 2. The van der Waals surface area contributed by atoms with Crippen molar-refractivity contribution in [3.8, 4) is 11.5 Å². The van der Waals surface area contributed by atoms with Crippen LogP contribution in [0.4, 0.5) is 0 Å². The highest BCUT2D eigenvalue weighted by Crippen LogP contribution is 2.25. The molecule has 0 atom stereocenters. The maximum atomic E-state index is 12.6. The lowest BCUT2D eigenvalue weighted by atomic mass is 10.0. The molecule has 0 unspecified atom stereocenters. The second-order valence-electron chi connectivity index (χ2n) is 5.98. The zero-order valence-corrected chi connectivity index (χ0v) is 15.3. The molecule has 1 saturated heterocycles. The van der Waals surface area contributed by atoms with Crippen molar-refractivity contribution in [3.05, 3.63) is 58.6 Å². The van der Waals surface area contributed by atoms with Gasteiger partial charge in [-0.15, -0.1) is 0 Å². The quantitative estimate of drug-likeness (QED) is 0.858. The van der Waals surface area contributed by atoms with Gasteiger partial charge in [0.2, 0.25) is 0 Å². The van der Waals surface area contributed by atoms with E-state index >= 15 is 0 Å². The van der Waals surface area contributed by atoms with Gasteiger partial charge in [0, 0.05) is 23.1 Å². The molecule has 126 valence electrons. The smallest absolute Gasteiger partial charge is 0.253 e. The fourth-order valence-corrected chi connectivity index (χ4v) is 3.27. The molecule has 2 aromatic carbocycles. The van der Waals surface area contributed by atoms with Crippen LogP contribution in [-0.2, 0) is 0 Å². The first kappa shape index (κ1) is 17.0. The number of rotatable bonds is 4. The molecule has 1 amide bonds. The van der Waals surface area contributed by atoms with E-state index in [1.54, 1.807) is 0 Å². The van der Waals surface area contributed by atoms with E-state index in [2.05, 4.69) is 21.2 Å². The molecular weight excluding hydrogens is 368 g/mol. The first-order chi connectivity index (χ1) is 11.6. The zero-order valence-electron chi connectivity index (χ0n) is 13.7. The number of carbonyl (C=O) groups excluding carboxylic acids is 1. The number of hydrogen-bond acceptors (Lipinski definition) is 3. The number of hydrogen-bond donors (Lipinski definition) is 1. The molecule has 0 bridgehead atoms. The number of piperidine rings is 1. The fourth-order valence-electron chi connectivity index (χ4n) is 2.90. The van der Waals surface area contributed by atoms with Gasteiger partial charge in [0.1, 0.15) is 11.5 Å². The van der Waals surface area contributed by atoms with Gasteiger partial charge in [-0.05, 0) is 68.4 Å². The van der Waals surface area contributed by atoms with Gasteiger partial charge in [0.25, 0.3) is 5.91 Å². The van der Waals surface area contributed by atoms with Crippen LogP contribution in [0.15, 0.2) is 53.0 Å². The molecule has 0 aliphatic carbocycles. The highest BCUT2D eigenvalue weighted by molar-refractivity contribution is 9.10. The Balaban J connectivity index is 1.66. The topological polar surface area (TPSA) is 41.6 Å². The van der Waals surface area contributed by atoms with Gasteiger partial charge in [0.15, 0.2) is 0 Å². The van der Waals surface area contributed by atoms with Crippen LogP contribution in [0.25, 0.3) is 0 Å². The Labute approximate surface area is 150 Å². The summed E-state index contributed by atoms with van der Waals surface area (Å²) in [6.45, 7) is 1.95. The summed E-state index contributed by atoms with van der Waals surface area (Å²) in [5, 5.41) is 3.33. The number of amides is 1. The van der Waals surface area contributed by atoms with E-state index in [-0.39, 0.29) is 5.91 Å². The Morgan fingerprint density at radius 2 is 1.83 bits per heavy atom. The third-order valence-electron chi connectivity index (χ3n) is 4.31. The molecule has 1 fully saturated rings. The van der Waals surface area contributed by atoms with Crippen molar-refractivity contribution in [2.45, 2.75) is 18.9 Å². The van der Waals surface area contributed by atoms with E-state index in [4.69, 9.17) is 4.74 Å². The number of nitrogens with one attached hydrogen (secondary N) is 1. The molecule has 0 radical (unpaired) electrons. The van der Waals surface area contributed by atoms with Gasteiger partial charge < -0.3 is 15.0 Å². The summed E-state index contributed by atoms with van der Waals surface area (Å²) in [6.07, 6.45) is 2.01. The molecular formula is C19H21BrN2O2. The summed E-state index contributed by atoms with van der Waals surface area (Å²) in [5.41, 5.74) is 0.692. The highest BCUT2D eigenvalue weighted by Gasteiger charge is 2.22. The average molecular weight is 389 g/mol. The van der Waals surface area contributed by atoms with Crippen LogP contribution in [0.1, 0.15) is 23.2 Å². The summed E-state index contributed by atoms with van der Waals surface area (Å²) >= 11 is 3.43. The van der Waals surface area contributed by atoms with Crippen molar-refractivity contribution >= 4 is 21.8 Å². The van der Waals surface area contributed by atoms with Crippen LogP contribution in [0, 0.1) is 0 Å². The number of nitrogens with zero attached hydrogens (tertiary/aromatic N) is 1. The highest BCUT2D eigenvalue weighted by atomic mass is 79.9. The van der Waals surface area contributed by atoms with Gasteiger partial charge in [-0.3, -0.25) is 4.79 Å². The van der Waals surface area contributed by atoms with Crippen molar-refractivity contribution in [3.63, 3.8) is 0 Å². The Morgan fingerprint density at radius 1 is 1.12 bits per heavy atom. The molecule has 1 heterocycles. The standard InChI is InChI=1S/C19H21BrN2O2/c1-22(16-9-11-21-12-10-16)19(23)14-5-7-17(8-6-14)24-18-4-2-3-15(20)13-18/h2-8,13,16,21H,9-12H2,1H3. The maximum absolute atomic E-state index is 12.6. The minimum atomic E-state index is 0.0657. The molecule has 1 N–H and O–H groups in total. The number of carbonyl (C=O) groups is 1. The van der Waals surface area contributed by atoms with E-state index in [0.717, 1.165) is 36.2 Å². The molecule has 4 nitrogen and oxygen atoms in total. The lowest BCUT2D eigenvalue weighted by Gasteiger charge is -2.31. The summed E-state index contributed by atoms with van der Waals surface area (Å²) in [4.78, 5) is 14.5. The van der Waals surface area contributed by atoms with Crippen LogP contribution in [-0.4, -0.2) is 37.0 Å². The van der Waals surface area contributed by atoms with E-state index in [1.165, 1.54) is 0 Å². The van der Waals surface area contributed by atoms with Crippen LogP contribution < -0.4 is 10.1 Å². The molecule has 0 saturated carbocycles. The van der Waals surface area contributed by atoms with E-state index in [9.17, 15) is 4.79 Å². The molecule has 1 aliphatic heterocycles. The van der Waals surface area contributed by atoms with Crippen molar-refractivity contribution < 1.29 is 9.53 Å². The fraction of sp³-hybridized carbons (Fsp3) is 0.316. The third kappa shape index (κ3) is 4.16. The maximum Gasteiger partial charge on any atom is 0.253 e. The Hall–Kier alpha value is -1.85. The van der Waals surface area contributed by atoms with Gasteiger partial charge in [0.05, 0.1) is 0 Å². The van der Waals surface area contributed by atoms with Gasteiger partial charge >= 0.3 is 0 Å². The van der Waals surface area contributed by atoms with Gasteiger partial charge in [-0.2, -0.15) is 0 Å². The summed E-state index contributed by atoms with van der Waals surface area (Å²) in [6, 6.07) is 15.3. The third-order valence-corrected chi connectivity index (χ3v) is 4.80. The molecule has 5 heteroatoms. The molecule has 24 heavy (non-hydrogen) atoms. The van der Waals surface area contributed by atoms with Crippen molar-refractivity contribution in [1.82, 2.24) is 10.2 Å². The normalized spacial score (nSPS) is 15.1. The average Bonchev–Trinajstić information content (AvgIpc) is 2.62. The summed E-state index contributed by atoms with van der Waals surface area (Å²) < 4.78 is 6.78. The zero-order chi connectivity index (χ0) is 16.9. The van der Waals surface area contributed by atoms with Crippen LogP contribution in [0.3, 0.4) is 0 Å². The largest absolute Gasteiger partial charge is 0.457 e. The summed E-state index contributed by atoms with van der Waals surface area (Å²) in [7, 11) is 1.89. The molecule has 3 rings (SSSR count). The van der Waals surface area contributed by atoms with Crippen LogP contribution in [0.5, 0.6) is 11.5 Å². The minimum absolute atomic E-state index is 0.0657. The number of ether oxygens (including phenoxy) is 1. The second-order valence-corrected chi connectivity index (χ2v) is 6.90. The second kappa shape index (κ2) is 7.81. The predicted octanol–water partition coefficient (Wildman–Crippen LogP) is 4.07. The first-order valence-electron chi connectivity index (χ1n) is 8.15. The van der Waals surface area contributed by atoms with E-state index < -0.39 is 0 Å². The SMILES string of the molecule is CN(C(=O)c1ccc(Oc2cccc(Br)c2)cc1)C1CCNCC1. The van der Waals surface area contributed by atoms with Crippen molar-refractivity contribution in [2.24, 2.45) is 0 Å². The lowest BCUT2D eigenvalue weighted by molar-refractivity contribution is 0.0703. The molecule has 0 spiro atoms. The summed E-state index contributed by atoms with van der Waals surface area (Å²) in [5.74, 6) is 1.54. The molecule has 1 aliphatic rings. The Morgan fingerprint density at radius 3 is 2.50 bits per heavy atom. The molecule has 0 aromatic heterocycles. The van der Waals surface area contributed by atoms with E-state index in [0.29, 0.717) is 17.4 Å². The monoisotopic (exact) mass is 388 g/mol. The Bertz CT molecular complexity index is 697. The molecule has 2 aromatic rings. The van der Waals surface area contributed by atoms with Crippen LogP contribution >= 0.6 is 15.9 Å². The predicted molar refractivity (Wildman–Crippen MR) is 98.6 cm³/mol. The van der Waals surface area contributed by atoms with Gasteiger partial charge in [-0.1, -0.05) is 22.0 Å². The Kier molecular flexibility index (Phi) is 5.53. The lowest BCUT2D eigenvalue weighted by Crippen LogP contribution is -2.43. The van der Waals surface area contributed by atoms with E-state index in [1.807, 2.05) is 60.5 Å². The minimum Gasteiger partial charge on any atom is -0.457 e. The van der Waals surface area contributed by atoms with Crippen LogP contribution in [0.2, 0.25) is 0 Å². The van der Waals surface area contributed by atoms with Gasteiger partial charge in [-0.25, -0.2) is 0 Å². The van der Waals surface area contributed by atoms with Crippen molar-refractivity contribution in [1.29, 1.82) is 0 Å². The first-order valence-corrected chi connectivity index (χ1v) is 8.94. The van der Waals surface area contributed by atoms with Crippen molar-refractivity contribution in [2.75, 3.05) is 20.1 Å².